The summed E-state index contributed by atoms with van der Waals surface area (Å²) in [6, 6.07) is 19.8. The number of thiocarbonyl (C=S) groups is 1. The van der Waals surface area contributed by atoms with Gasteiger partial charge in [0.2, 0.25) is 0 Å². The van der Waals surface area contributed by atoms with Gasteiger partial charge in [0, 0.05) is 16.1 Å². The summed E-state index contributed by atoms with van der Waals surface area (Å²) in [7, 11) is 0. The van der Waals surface area contributed by atoms with E-state index in [0.717, 1.165) is 27.9 Å². The molecule has 1 aliphatic rings. The van der Waals surface area contributed by atoms with Crippen LogP contribution in [0, 0.1) is 6.92 Å². The van der Waals surface area contributed by atoms with E-state index in [2.05, 4.69) is 5.43 Å². The van der Waals surface area contributed by atoms with Crippen molar-refractivity contribution in [3.63, 3.8) is 0 Å². The lowest BCUT2D eigenvalue weighted by atomic mass is 10.1. The number of amides is 2. The van der Waals surface area contributed by atoms with Gasteiger partial charge in [0.05, 0.1) is 15.5 Å². The van der Waals surface area contributed by atoms with E-state index in [1.807, 2.05) is 49.4 Å². The summed E-state index contributed by atoms with van der Waals surface area (Å²) in [5.74, 6) is -0.373. The molecule has 0 spiro atoms. The third-order valence-corrected chi connectivity index (χ3v) is 6.91. The zero-order valence-corrected chi connectivity index (χ0v) is 21.0. The Bertz CT molecular complexity index is 1330. The van der Waals surface area contributed by atoms with Crippen LogP contribution in [0.5, 0.6) is 5.75 Å². The summed E-state index contributed by atoms with van der Waals surface area (Å²) < 4.78 is 6.18. The van der Waals surface area contributed by atoms with Crippen LogP contribution >= 0.6 is 47.2 Å². The Balaban J connectivity index is 1.51. The van der Waals surface area contributed by atoms with E-state index < -0.39 is 11.8 Å². The summed E-state index contributed by atoms with van der Waals surface area (Å²) in [6.07, 6.45) is 1.69. The number of carbonyl (C=O) groups is 2. The highest BCUT2D eigenvalue weighted by Crippen LogP contribution is 2.34. The Morgan fingerprint density at radius 3 is 2.59 bits per heavy atom. The molecule has 1 heterocycles. The van der Waals surface area contributed by atoms with Crippen molar-refractivity contribution >= 4 is 69.4 Å². The number of rotatable bonds is 6. The van der Waals surface area contributed by atoms with E-state index in [4.69, 9.17) is 40.2 Å². The number of ether oxygens (including phenoxy) is 1. The molecule has 0 radical (unpaired) electrons. The highest BCUT2D eigenvalue weighted by atomic mass is 35.5. The molecule has 1 aliphatic heterocycles. The zero-order valence-electron chi connectivity index (χ0n) is 17.9. The van der Waals surface area contributed by atoms with E-state index >= 15 is 0 Å². The van der Waals surface area contributed by atoms with Gasteiger partial charge < -0.3 is 4.74 Å². The topological polar surface area (TPSA) is 58.6 Å². The van der Waals surface area contributed by atoms with Gasteiger partial charge in [0.1, 0.15) is 12.4 Å². The number of para-hydroxylation sites is 1. The molecule has 0 bridgehead atoms. The van der Waals surface area contributed by atoms with E-state index in [-0.39, 0.29) is 16.5 Å². The van der Waals surface area contributed by atoms with Crippen molar-refractivity contribution < 1.29 is 14.3 Å². The lowest BCUT2D eigenvalue weighted by molar-refractivity contribution is -0.123. The zero-order chi connectivity index (χ0) is 24.2. The highest BCUT2D eigenvalue weighted by molar-refractivity contribution is 8.26. The molecule has 0 aromatic heterocycles. The standard InChI is InChI=1S/C25H18Cl2N2O3S2/c1-15-10-11-18(20(27)12-15)23(30)28-29-24(31)22(34-25(29)33)13-16-6-3-5-9-21(16)32-14-17-7-2-4-8-19(17)26/h2-13H,14H2,1H3,(H,28,30)/b22-13+. The molecule has 0 saturated carbocycles. The first-order valence-corrected chi connectivity index (χ1v) is 12.1. The SMILES string of the molecule is Cc1ccc(C(=O)NN2C(=O)/C(=C\c3ccccc3OCc3ccccc3Cl)SC2=S)c(Cl)c1. The van der Waals surface area contributed by atoms with Crippen LogP contribution in [0.25, 0.3) is 6.08 Å². The Morgan fingerprint density at radius 1 is 1.09 bits per heavy atom. The average Bonchev–Trinajstić information content (AvgIpc) is 3.06. The Hall–Kier alpha value is -2.84. The van der Waals surface area contributed by atoms with Gasteiger partial charge >= 0.3 is 0 Å². The number of nitrogens with zero attached hydrogens (tertiary/aromatic N) is 1. The smallest absolute Gasteiger partial charge is 0.285 e. The lowest BCUT2D eigenvalue weighted by Gasteiger charge is -2.16. The number of halogens is 2. The molecule has 1 saturated heterocycles. The summed E-state index contributed by atoms with van der Waals surface area (Å²) >= 11 is 18.8. The number of aryl methyl sites for hydroxylation is 1. The fourth-order valence-electron chi connectivity index (χ4n) is 3.17. The minimum atomic E-state index is -0.522. The van der Waals surface area contributed by atoms with Gasteiger partial charge in [-0.05, 0) is 55.0 Å². The Kier molecular flexibility index (Phi) is 7.58. The number of carbonyl (C=O) groups excluding carboxylic acids is 2. The van der Waals surface area contributed by atoms with Crippen LogP contribution in [0.1, 0.15) is 27.0 Å². The monoisotopic (exact) mass is 528 g/mol. The van der Waals surface area contributed by atoms with Crippen LogP contribution in [-0.4, -0.2) is 21.1 Å². The largest absolute Gasteiger partial charge is 0.488 e. The molecular formula is C25H18Cl2N2O3S2. The van der Waals surface area contributed by atoms with E-state index in [1.54, 1.807) is 30.3 Å². The average molecular weight is 529 g/mol. The third kappa shape index (κ3) is 5.45. The van der Waals surface area contributed by atoms with Crippen molar-refractivity contribution in [2.45, 2.75) is 13.5 Å². The molecule has 1 N–H and O–H groups in total. The van der Waals surface area contributed by atoms with Crippen LogP contribution < -0.4 is 10.2 Å². The molecular weight excluding hydrogens is 511 g/mol. The number of nitrogens with one attached hydrogen (secondary N) is 1. The van der Waals surface area contributed by atoms with Gasteiger partial charge in [-0.2, -0.15) is 5.01 Å². The molecule has 5 nitrogen and oxygen atoms in total. The van der Waals surface area contributed by atoms with Gasteiger partial charge in [-0.25, -0.2) is 0 Å². The van der Waals surface area contributed by atoms with Crippen molar-refractivity contribution in [2.24, 2.45) is 0 Å². The molecule has 3 aromatic rings. The van der Waals surface area contributed by atoms with Gasteiger partial charge in [0.25, 0.3) is 11.8 Å². The van der Waals surface area contributed by atoms with Gasteiger partial charge in [0.15, 0.2) is 4.32 Å². The first-order chi connectivity index (χ1) is 16.3. The first kappa shape index (κ1) is 24.3. The molecule has 34 heavy (non-hydrogen) atoms. The summed E-state index contributed by atoms with van der Waals surface area (Å²) in [6.45, 7) is 2.15. The van der Waals surface area contributed by atoms with Crippen LogP contribution in [0.2, 0.25) is 10.0 Å². The first-order valence-electron chi connectivity index (χ1n) is 10.1. The van der Waals surface area contributed by atoms with Gasteiger partial charge in [-0.15, -0.1) is 0 Å². The predicted molar refractivity (Wildman–Crippen MR) is 141 cm³/mol. The van der Waals surface area contributed by atoms with Crippen molar-refractivity contribution in [3.05, 3.63) is 104 Å². The molecule has 172 valence electrons. The van der Waals surface area contributed by atoms with Gasteiger partial charge in [-0.3, -0.25) is 15.0 Å². The van der Waals surface area contributed by atoms with Gasteiger partial charge in [-0.1, -0.05) is 77.4 Å². The fourth-order valence-corrected chi connectivity index (χ4v) is 4.86. The summed E-state index contributed by atoms with van der Waals surface area (Å²) in [5, 5.41) is 1.96. The normalized spacial score (nSPS) is 14.6. The van der Waals surface area contributed by atoms with Crippen LogP contribution in [-0.2, 0) is 11.4 Å². The number of hydrogen-bond acceptors (Lipinski definition) is 5. The van der Waals surface area contributed by atoms with Crippen LogP contribution in [0.15, 0.2) is 71.6 Å². The molecule has 3 aromatic carbocycles. The molecule has 0 atom stereocenters. The molecule has 4 rings (SSSR count). The van der Waals surface area contributed by atoms with E-state index in [0.29, 0.717) is 26.3 Å². The predicted octanol–water partition coefficient (Wildman–Crippen LogP) is 6.43. The minimum Gasteiger partial charge on any atom is -0.488 e. The molecule has 0 unspecified atom stereocenters. The Labute approximate surface area is 216 Å². The molecule has 0 aliphatic carbocycles. The fraction of sp³-hybridized carbons (Fsp3) is 0.0800. The van der Waals surface area contributed by atoms with Crippen LogP contribution in [0.4, 0.5) is 0 Å². The third-order valence-electron chi connectivity index (χ3n) is 4.92. The van der Waals surface area contributed by atoms with Crippen molar-refractivity contribution in [1.29, 1.82) is 0 Å². The molecule has 1 fully saturated rings. The second-order valence-corrected chi connectivity index (χ2v) is 9.85. The number of thioether (sulfide) groups is 1. The summed E-state index contributed by atoms with van der Waals surface area (Å²) in [4.78, 5) is 26.0. The quantitative estimate of drug-likeness (QED) is 0.295. The molecule has 9 heteroatoms. The highest BCUT2D eigenvalue weighted by Gasteiger charge is 2.34. The maximum Gasteiger partial charge on any atom is 0.285 e. The summed E-state index contributed by atoms with van der Waals surface area (Å²) in [5.41, 5.74) is 5.27. The van der Waals surface area contributed by atoms with E-state index in [1.165, 1.54) is 0 Å². The van der Waals surface area contributed by atoms with Crippen LogP contribution in [0.3, 0.4) is 0 Å². The lowest BCUT2D eigenvalue weighted by Crippen LogP contribution is -2.44. The molecule has 2 amide bonds. The van der Waals surface area contributed by atoms with Crippen molar-refractivity contribution in [3.8, 4) is 5.75 Å². The van der Waals surface area contributed by atoms with E-state index in [9.17, 15) is 9.59 Å². The van der Waals surface area contributed by atoms with Crippen molar-refractivity contribution in [2.75, 3.05) is 0 Å². The second-order valence-electron chi connectivity index (χ2n) is 7.36. The second kappa shape index (κ2) is 10.6. The Morgan fingerprint density at radius 2 is 1.82 bits per heavy atom. The number of hydrazine groups is 1. The number of hydrogen-bond donors (Lipinski definition) is 1. The maximum atomic E-state index is 13.0. The maximum absolute atomic E-state index is 13.0. The van der Waals surface area contributed by atoms with Crippen molar-refractivity contribution in [1.82, 2.24) is 10.4 Å². The minimum absolute atomic E-state index is 0.210. The number of benzene rings is 3.